The van der Waals surface area contributed by atoms with Crippen LogP contribution in [0, 0.1) is 0 Å². The normalized spacial score (nSPS) is 23.5. The second-order valence-corrected chi connectivity index (χ2v) is 13.1. The van der Waals surface area contributed by atoms with E-state index >= 15 is 0 Å². The van der Waals surface area contributed by atoms with E-state index in [1.165, 1.54) is 11.1 Å². The van der Waals surface area contributed by atoms with Crippen LogP contribution in [-0.4, -0.2) is 19.5 Å². The van der Waals surface area contributed by atoms with E-state index in [2.05, 4.69) is 58.1 Å². The van der Waals surface area contributed by atoms with Crippen molar-refractivity contribution in [3.05, 3.63) is 35.4 Å². The molecule has 0 radical (unpaired) electrons. The van der Waals surface area contributed by atoms with E-state index in [0.29, 0.717) is 5.92 Å². The topological polar surface area (TPSA) is 29.5 Å². The number of hydrogen-bond donors (Lipinski definition) is 1. The number of aliphatic hydroxyl groups excluding tert-OH is 1. The highest BCUT2D eigenvalue weighted by atomic mass is 28.4. The van der Waals surface area contributed by atoms with Crippen molar-refractivity contribution in [1.29, 1.82) is 0 Å². The second-order valence-electron chi connectivity index (χ2n) is 8.30. The molecule has 0 spiro atoms. The largest absolute Gasteiger partial charge is 0.413 e. The molecule has 2 nitrogen and oxygen atoms in total. The van der Waals surface area contributed by atoms with Crippen molar-refractivity contribution >= 4 is 8.32 Å². The number of benzene rings is 1. The minimum atomic E-state index is -1.67. The Morgan fingerprint density at radius 1 is 1.05 bits per heavy atom. The fourth-order valence-corrected chi connectivity index (χ4v) is 3.74. The first-order valence-corrected chi connectivity index (χ1v) is 11.5. The molecule has 0 aliphatic heterocycles. The van der Waals surface area contributed by atoms with E-state index in [1.54, 1.807) is 0 Å². The van der Waals surface area contributed by atoms with E-state index in [0.717, 1.165) is 32.3 Å². The highest BCUT2D eigenvalue weighted by molar-refractivity contribution is 6.74. The van der Waals surface area contributed by atoms with E-state index in [-0.39, 0.29) is 11.1 Å². The van der Waals surface area contributed by atoms with Crippen LogP contribution in [0.3, 0.4) is 0 Å². The van der Waals surface area contributed by atoms with Gasteiger partial charge in [0.1, 0.15) is 0 Å². The zero-order valence-corrected chi connectivity index (χ0v) is 15.9. The maximum absolute atomic E-state index is 9.62. The zero-order chi connectivity index (χ0) is 16.4. The Kier molecular flexibility index (Phi) is 5.52. The predicted octanol–water partition coefficient (Wildman–Crippen LogP) is 5.23. The molecule has 1 saturated carbocycles. The van der Waals surface area contributed by atoms with Gasteiger partial charge in [-0.25, -0.2) is 0 Å². The maximum atomic E-state index is 9.62. The highest BCUT2D eigenvalue weighted by Crippen LogP contribution is 2.37. The summed E-state index contributed by atoms with van der Waals surface area (Å²) in [6.45, 7) is 12.2. The Balaban J connectivity index is 1.92. The first-order chi connectivity index (χ1) is 10.2. The van der Waals surface area contributed by atoms with Gasteiger partial charge in [0.15, 0.2) is 8.32 Å². The lowest BCUT2D eigenvalue weighted by molar-refractivity contribution is 0.122. The fourth-order valence-electron chi connectivity index (χ4n) is 2.78. The van der Waals surface area contributed by atoms with Crippen LogP contribution in [0.1, 0.15) is 63.5 Å². The van der Waals surface area contributed by atoms with Gasteiger partial charge in [-0.15, -0.1) is 0 Å². The van der Waals surface area contributed by atoms with Crippen molar-refractivity contribution in [1.82, 2.24) is 0 Å². The van der Waals surface area contributed by atoms with Crippen LogP contribution in [0.2, 0.25) is 18.1 Å². The van der Waals surface area contributed by atoms with Crippen LogP contribution in [0.4, 0.5) is 0 Å². The van der Waals surface area contributed by atoms with E-state index in [4.69, 9.17) is 4.43 Å². The molecule has 1 aromatic carbocycles. The molecule has 0 aromatic heterocycles. The van der Waals surface area contributed by atoms with Crippen molar-refractivity contribution in [2.45, 2.75) is 83.2 Å². The molecule has 1 fully saturated rings. The van der Waals surface area contributed by atoms with Gasteiger partial charge in [-0.3, -0.25) is 0 Å². The van der Waals surface area contributed by atoms with Crippen molar-refractivity contribution in [2.75, 3.05) is 0 Å². The molecule has 124 valence electrons. The molecular weight excluding hydrogens is 288 g/mol. The van der Waals surface area contributed by atoms with Crippen LogP contribution < -0.4 is 0 Å². The van der Waals surface area contributed by atoms with Crippen LogP contribution in [-0.2, 0) is 11.0 Å². The Hall–Kier alpha value is -0.643. The van der Waals surface area contributed by atoms with Crippen LogP contribution in [0.15, 0.2) is 24.3 Å². The average molecular weight is 321 g/mol. The van der Waals surface area contributed by atoms with Gasteiger partial charge >= 0.3 is 0 Å². The third-order valence-electron chi connectivity index (χ3n) is 5.55. The Morgan fingerprint density at radius 2 is 1.59 bits per heavy atom. The lowest BCUT2D eigenvalue weighted by Gasteiger charge is -2.36. The standard InChI is InChI=1S/C19H32O2Si/c1-19(2,3)22(4,5)21-14-15-6-8-16(9-7-15)17-10-12-18(20)13-11-17/h6-9,17-18,20H,10-14H2,1-5H3. The van der Waals surface area contributed by atoms with Crippen molar-refractivity contribution in [3.8, 4) is 0 Å². The number of hydrogen-bond acceptors (Lipinski definition) is 2. The summed E-state index contributed by atoms with van der Waals surface area (Å²) < 4.78 is 6.29. The summed E-state index contributed by atoms with van der Waals surface area (Å²) in [5.41, 5.74) is 2.69. The van der Waals surface area contributed by atoms with Gasteiger partial charge in [-0.2, -0.15) is 0 Å². The summed E-state index contributed by atoms with van der Waals surface area (Å²) in [7, 11) is -1.67. The molecule has 1 aromatic rings. The van der Waals surface area contributed by atoms with Gasteiger partial charge in [0.05, 0.1) is 12.7 Å². The number of rotatable bonds is 4. The van der Waals surface area contributed by atoms with Gasteiger partial charge in [0.25, 0.3) is 0 Å². The molecule has 1 aliphatic carbocycles. The molecule has 2 rings (SSSR count). The quantitative estimate of drug-likeness (QED) is 0.770. The minimum absolute atomic E-state index is 0.0755. The van der Waals surface area contributed by atoms with Crippen LogP contribution >= 0.6 is 0 Å². The van der Waals surface area contributed by atoms with Gasteiger partial charge < -0.3 is 9.53 Å². The smallest absolute Gasteiger partial charge is 0.192 e. The van der Waals surface area contributed by atoms with Crippen molar-refractivity contribution < 1.29 is 9.53 Å². The first-order valence-electron chi connectivity index (χ1n) is 8.60. The molecular formula is C19H32O2Si. The minimum Gasteiger partial charge on any atom is -0.413 e. The molecule has 3 heteroatoms. The number of aliphatic hydroxyl groups is 1. The fraction of sp³-hybridized carbons (Fsp3) is 0.684. The van der Waals surface area contributed by atoms with Crippen molar-refractivity contribution in [2.24, 2.45) is 0 Å². The Bertz CT molecular complexity index is 465. The summed E-state index contributed by atoms with van der Waals surface area (Å²) in [5, 5.41) is 9.88. The van der Waals surface area contributed by atoms with E-state index in [1.807, 2.05) is 0 Å². The molecule has 0 saturated heterocycles. The van der Waals surface area contributed by atoms with Crippen molar-refractivity contribution in [3.63, 3.8) is 0 Å². The molecule has 1 aliphatic rings. The van der Waals surface area contributed by atoms with Gasteiger partial charge in [-0.1, -0.05) is 45.0 Å². The molecule has 0 bridgehead atoms. The summed E-state index contributed by atoms with van der Waals surface area (Å²) in [4.78, 5) is 0. The van der Waals surface area contributed by atoms with E-state index < -0.39 is 8.32 Å². The third kappa shape index (κ3) is 4.43. The zero-order valence-electron chi connectivity index (χ0n) is 14.9. The molecule has 1 N–H and O–H groups in total. The van der Waals surface area contributed by atoms with Crippen LogP contribution in [0.25, 0.3) is 0 Å². The van der Waals surface area contributed by atoms with Gasteiger partial charge in [0, 0.05) is 0 Å². The predicted molar refractivity (Wildman–Crippen MR) is 95.6 cm³/mol. The average Bonchev–Trinajstić information content (AvgIpc) is 2.45. The monoisotopic (exact) mass is 320 g/mol. The molecule has 0 atom stereocenters. The lowest BCUT2D eigenvalue weighted by Crippen LogP contribution is -2.40. The molecule has 22 heavy (non-hydrogen) atoms. The first kappa shape index (κ1) is 17.7. The third-order valence-corrected chi connectivity index (χ3v) is 10.0. The molecule has 0 unspecified atom stereocenters. The van der Waals surface area contributed by atoms with E-state index in [9.17, 15) is 5.11 Å². The Morgan fingerprint density at radius 3 is 2.09 bits per heavy atom. The maximum Gasteiger partial charge on any atom is 0.192 e. The Labute approximate surface area is 137 Å². The second kappa shape index (κ2) is 6.86. The van der Waals surface area contributed by atoms with Crippen LogP contribution in [0.5, 0.6) is 0 Å². The highest BCUT2D eigenvalue weighted by Gasteiger charge is 2.37. The van der Waals surface area contributed by atoms with Gasteiger partial charge in [-0.05, 0) is 60.9 Å². The summed E-state index contributed by atoms with van der Waals surface area (Å²) >= 11 is 0. The summed E-state index contributed by atoms with van der Waals surface area (Å²) in [6.07, 6.45) is 4.04. The molecule has 0 heterocycles. The summed E-state index contributed by atoms with van der Waals surface area (Å²) in [5.74, 6) is 0.624. The lowest BCUT2D eigenvalue weighted by atomic mass is 9.82. The summed E-state index contributed by atoms with van der Waals surface area (Å²) in [6, 6.07) is 8.94. The van der Waals surface area contributed by atoms with Gasteiger partial charge in [0.2, 0.25) is 0 Å². The SMILES string of the molecule is CC(C)(C)[Si](C)(C)OCc1ccc(C2CCC(O)CC2)cc1. The molecule has 0 amide bonds.